The highest BCUT2D eigenvalue weighted by Crippen LogP contribution is 2.27. The predicted octanol–water partition coefficient (Wildman–Crippen LogP) is 2.04. The van der Waals surface area contributed by atoms with Crippen LogP contribution in [-0.4, -0.2) is 23.0 Å². The number of aromatic nitrogens is 1. The zero-order valence-electron chi connectivity index (χ0n) is 10.0. The number of aryl methyl sites for hydroxylation is 1. The standard InChI is InChI=1S/C11H14N4O2/c1-8-6-10(15(16)17)11(13-7-8)14(3)9(2)4-5-12/h6-7,9H,4H2,1-3H3. The second-order valence-corrected chi connectivity index (χ2v) is 3.93. The monoisotopic (exact) mass is 234 g/mol. The normalized spacial score (nSPS) is 11.6. The van der Waals surface area contributed by atoms with Gasteiger partial charge in [0.1, 0.15) is 0 Å². The molecule has 0 aliphatic heterocycles. The Kier molecular flexibility index (Phi) is 3.99. The molecule has 0 aliphatic carbocycles. The maximum absolute atomic E-state index is 10.9. The Balaban J connectivity index is 3.13. The van der Waals surface area contributed by atoms with Gasteiger partial charge >= 0.3 is 5.69 Å². The first kappa shape index (κ1) is 12.9. The number of anilines is 1. The number of hydrogen-bond acceptors (Lipinski definition) is 5. The van der Waals surface area contributed by atoms with E-state index >= 15 is 0 Å². The molecule has 0 saturated heterocycles. The minimum Gasteiger partial charge on any atom is -0.350 e. The molecule has 6 nitrogen and oxygen atoms in total. The predicted molar refractivity (Wildman–Crippen MR) is 63.7 cm³/mol. The summed E-state index contributed by atoms with van der Waals surface area (Å²) in [7, 11) is 1.70. The third-order valence-electron chi connectivity index (χ3n) is 2.56. The van der Waals surface area contributed by atoms with Crippen LogP contribution in [0.4, 0.5) is 11.5 Å². The maximum atomic E-state index is 10.9. The fourth-order valence-electron chi connectivity index (χ4n) is 1.43. The van der Waals surface area contributed by atoms with Crippen molar-refractivity contribution in [2.45, 2.75) is 26.3 Å². The van der Waals surface area contributed by atoms with E-state index in [-0.39, 0.29) is 11.7 Å². The molecule has 1 aromatic rings. The van der Waals surface area contributed by atoms with Gasteiger partial charge in [-0.3, -0.25) is 10.1 Å². The van der Waals surface area contributed by atoms with E-state index in [2.05, 4.69) is 4.98 Å². The number of nitro groups is 1. The lowest BCUT2D eigenvalue weighted by Gasteiger charge is -2.23. The van der Waals surface area contributed by atoms with E-state index in [1.165, 1.54) is 6.07 Å². The Hall–Kier alpha value is -2.16. The van der Waals surface area contributed by atoms with Crippen LogP contribution in [-0.2, 0) is 0 Å². The van der Waals surface area contributed by atoms with Gasteiger partial charge in [0.2, 0.25) is 5.82 Å². The lowest BCUT2D eigenvalue weighted by molar-refractivity contribution is -0.384. The fraction of sp³-hybridized carbons (Fsp3) is 0.455. The summed E-state index contributed by atoms with van der Waals surface area (Å²) in [5.41, 5.74) is 0.707. The molecule has 0 saturated carbocycles. The summed E-state index contributed by atoms with van der Waals surface area (Å²) in [4.78, 5) is 16.2. The Morgan fingerprint density at radius 1 is 1.71 bits per heavy atom. The zero-order chi connectivity index (χ0) is 13.0. The highest BCUT2D eigenvalue weighted by molar-refractivity contribution is 5.58. The molecule has 1 rings (SSSR count). The average molecular weight is 234 g/mol. The molecule has 0 bridgehead atoms. The average Bonchev–Trinajstić information content (AvgIpc) is 2.28. The first-order valence-electron chi connectivity index (χ1n) is 5.18. The summed E-state index contributed by atoms with van der Waals surface area (Å²) in [6.07, 6.45) is 1.88. The third-order valence-corrected chi connectivity index (χ3v) is 2.56. The van der Waals surface area contributed by atoms with Crippen molar-refractivity contribution >= 4 is 11.5 Å². The molecule has 1 atom stereocenters. The van der Waals surface area contributed by atoms with Crippen molar-refractivity contribution in [1.29, 1.82) is 5.26 Å². The molecule has 0 spiro atoms. The van der Waals surface area contributed by atoms with Gasteiger partial charge in [-0.2, -0.15) is 5.26 Å². The van der Waals surface area contributed by atoms with Crippen LogP contribution in [0.3, 0.4) is 0 Å². The van der Waals surface area contributed by atoms with Crippen LogP contribution < -0.4 is 4.90 Å². The van der Waals surface area contributed by atoms with Crippen LogP contribution in [0.25, 0.3) is 0 Å². The maximum Gasteiger partial charge on any atom is 0.311 e. The van der Waals surface area contributed by atoms with Crippen molar-refractivity contribution in [2.24, 2.45) is 0 Å². The van der Waals surface area contributed by atoms with Gasteiger partial charge in [0.05, 0.1) is 17.4 Å². The summed E-state index contributed by atoms with van der Waals surface area (Å²) >= 11 is 0. The second kappa shape index (κ2) is 5.25. The molecule has 17 heavy (non-hydrogen) atoms. The zero-order valence-corrected chi connectivity index (χ0v) is 10.0. The smallest absolute Gasteiger partial charge is 0.311 e. The van der Waals surface area contributed by atoms with Crippen LogP contribution in [0.5, 0.6) is 0 Å². The van der Waals surface area contributed by atoms with Gasteiger partial charge in [0, 0.05) is 25.4 Å². The largest absolute Gasteiger partial charge is 0.350 e. The quantitative estimate of drug-likeness (QED) is 0.588. The highest BCUT2D eigenvalue weighted by atomic mass is 16.6. The van der Waals surface area contributed by atoms with Gasteiger partial charge in [0.15, 0.2) is 0 Å². The molecular formula is C11H14N4O2. The molecule has 0 N–H and O–H groups in total. The fourth-order valence-corrected chi connectivity index (χ4v) is 1.43. The van der Waals surface area contributed by atoms with E-state index in [9.17, 15) is 10.1 Å². The number of hydrogen-bond donors (Lipinski definition) is 0. The van der Waals surface area contributed by atoms with Gasteiger partial charge in [-0.1, -0.05) is 0 Å². The second-order valence-electron chi connectivity index (χ2n) is 3.93. The van der Waals surface area contributed by atoms with Crippen LogP contribution in [0.15, 0.2) is 12.3 Å². The Morgan fingerprint density at radius 2 is 2.35 bits per heavy atom. The van der Waals surface area contributed by atoms with E-state index in [1.54, 1.807) is 25.1 Å². The van der Waals surface area contributed by atoms with Crippen LogP contribution in [0.1, 0.15) is 18.9 Å². The van der Waals surface area contributed by atoms with Crippen LogP contribution >= 0.6 is 0 Å². The van der Waals surface area contributed by atoms with E-state index < -0.39 is 4.92 Å². The molecular weight excluding hydrogens is 220 g/mol. The third kappa shape index (κ3) is 2.91. The van der Waals surface area contributed by atoms with E-state index in [4.69, 9.17) is 5.26 Å². The summed E-state index contributed by atoms with van der Waals surface area (Å²) in [6, 6.07) is 3.41. The van der Waals surface area contributed by atoms with E-state index in [0.717, 1.165) is 5.56 Å². The molecule has 90 valence electrons. The molecule has 1 unspecified atom stereocenters. The number of nitrogens with zero attached hydrogens (tertiary/aromatic N) is 4. The van der Waals surface area contributed by atoms with Gasteiger partial charge in [-0.25, -0.2) is 4.98 Å². The Labute approximate surface area is 99.6 Å². The molecule has 0 amide bonds. The minimum atomic E-state index is -0.453. The molecule has 0 radical (unpaired) electrons. The molecule has 1 heterocycles. The summed E-state index contributed by atoms with van der Waals surface area (Å²) in [5, 5.41) is 19.6. The van der Waals surface area contributed by atoms with Gasteiger partial charge in [0.25, 0.3) is 0 Å². The molecule has 6 heteroatoms. The van der Waals surface area contributed by atoms with E-state index in [0.29, 0.717) is 12.2 Å². The van der Waals surface area contributed by atoms with Crippen molar-refractivity contribution in [1.82, 2.24) is 4.98 Å². The van der Waals surface area contributed by atoms with Gasteiger partial charge < -0.3 is 4.90 Å². The lowest BCUT2D eigenvalue weighted by atomic mass is 10.2. The Bertz CT molecular complexity index is 467. The number of rotatable bonds is 4. The minimum absolute atomic E-state index is 0.0303. The molecule has 0 fully saturated rings. The van der Waals surface area contributed by atoms with E-state index in [1.807, 2.05) is 13.0 Å². The summed E-state index contributed by atoms with van der Waals surface area (Å²) in [6.45, 7) is 3.58. The lowest BCUT2D eigenvalue weighted by Crippen LogP contribution is -2.29. The van der Waals surface area contributed by atoms with Crippen molar-refractivity contribution in [3.05, 3.63) is 27.9 Å². The molecule has 0 aliphatic rings. The SMILES string of the molecule is Cc1cnc(N(C)C(C)CC#N)c([N+](=O)[O-])c1. The number of pyridine rings is 1. The van der Waals surface area contributed by atoms with Crippen molar-refractivity contribution in [3.63, 3.8) is 0 Å². The topological polar surface area (TPSA) is 83.1 Å². The van der Waals surface area contributed by atoms with Crippen molar-refractivity contribution < 1.29 is 4.92 Å². The van der Waals surface area contributed by atoms with Crippen molar-refractivity contribution in [3.8, 4) is 6.07 Å². The first-order valence-corrected chi connectivity index (χ1v) is 5.18. The Morgan fingerprint density at radius 3 is 2.88 bits per heavy atom. The highest BCUT2D eigenvalue weighted by Gasteiger charge is 2.22. The van der Waals surface area contributed by atoms with Crippen molar-refractivity contribution in [2.75, 3.05) is 11.9 Å². The number of nitriles is 1. The molecule has 1 aromatic heterocycles. The summed E-state index contributed by atoms with van der Waals surface area (Å²) < 4.78 is 0. The summed E-state index contributed by atoms with van der Waals surface area (Å²) in [5.74, 6) is 0.295. The molecule has 0 aromatic carbocycles. The van der Waals surface area contributed by atoms with Crippen LogP contribution in [0, 0.1) is 28.4 Å². The first-order chi connectivity index (χ1) is 7.97. The van der Waals surface area contributed by atoms with Gasteiger partial charge in [-0.15, -0.1) is 0 Å². The van der Waals surface area contributed by atoms with Crippen LogP contribution in [0.2, 0.25) is 0 Å². The van der Waals surface area contributed by atoms with Gasteiger partial charge in [-0.05, 0) is 19.4 Å².